The van der Waals surface area contributed by atoms with Crippen LogP contribution in [0.1, 0.15) is 34.3 Å². The smallest absolute Gasteiger partial charge is 0.255 e. The van der Waals surface area contributed by atoms with Gasteiger partial charge in [0.25, 0.3) is 5.91 Å². The normalized spacial score (nSPS) is 16.2. The van der Waals surface area contributed by atoms with Crippen LogP contribution in [0.5, 0.6) is 5.88 Å². The van der Waals surface area contributed by atoms with Crippen LogP contribution in [0.15, 0.2) is 42.7 Å². The van der Waals surface area contributed by atoms with Gasteiger partial charge in [-0.15, -0.1) is 0 Å². The van der Waals surface area contributed by atoms with Crippen LogP contribution in [0, 0.1) is 18.3 Å². The summed E-state index contributed by atoms with van der Waals surface area (Å²) in [5, 5.41) is 24.1. The Bertz CT molecular complexity index is 1180. The highest BCUT2D eigenvalue weighted by Gasteiger charge is 2.26. The molecule has 0 unspecified atom stereocenters. The highest BCUT2D eigenvalue weighted by Crippen LogP contribution is 2.33. The molecule has 164 valence electrons. The summed E-state index contributed by atoms with van der Waals surface area (Å²) in [4.78, 5) is 21.3. The van der Waals surface area contributed by atoms with Crippen molar-refractivity contribution in [3.05, 3.63) is 59.4 Å². The first-order valence-electron chi connectivity index (χ1n) is 10.6. The van der Waals surface area contributed by atoms with E-state index in [9.17, 15) is 9.90 Å². The van der Waals surface area contributed by atoms with Gasteiger partial charge in [-0.05, 0) is 69.3 Å². The number of aromatic nitrogens is 3. The second-order valence-electron chi connectivity index (χ2n) is 8.35. The molecule has 1 aliphatic heterocycles. The molecule has 32 heavy (non-hydrogen) atoms. The van der Waals surface area contributed by atoms with Crippen molar-refractivity contribution < 1.29 is 9.90 Å². The summed E-state index contributed by atoms with van der Waals surface area (Å²) in [6, 6.07) is 11.2. The van der Waals surface area contributed by atoms with Crippen molar-refractivity contribution in [1.29, 1.82) is 5.26 Å². The third-order valence-electron chi connectivity index (χ3n) is 6.02. The predicted octanol–water partition coefficient (Wildman–Crippen LogP) is 2.99. The quantitative estimate of drug-likeness (QED) is 0.683. The summed E-state index contributed by atoms with van der Waals surface area (Å²) < 4.78 is 1.34. The van der Waals surface area contributed by atoms with Crippen molar-refractivity contribution in [2.24, 2.45) is 0 Å². The number of piperidine rings is 1. The maximum absolute atomic E-state index is 12.9. The first-order valence-corrected chi connectivity index (χ1v) is 10.6. The number of carbonyl (C=O) groups excluding carboxylic acids is 1. The molecule has 2 aromatic heterocycles. The Kier molecular flexibility index (Phi) is 5.93. The molecule has 8 nitrogen and oxygen atoms in total. The molecule has 4 rings (SSSR count). The van der Waals surface area contributed by atoms with Gasteiger partial charge < -0.3 is 14.9 Å². The molecule has 1 amide bonds. The molecule has 1 atom stereocenters. The van der Waals surface area contributed by atoms with Crippen molar-refractivity contribution in [3.63, 3.8) is 0 Å². The Morgan fingerprint density at radius 2 is 2.03 bits per heavy atom. The minimum atomic E-state index is -0.0470. The molecule has 0 bridgehead atoms. The number of benzene rings is 1. The fourth-order valence-corrected chi connectivity index (χ4v) is 4.12. The molecule has 1 saturated heterocycles. The lowest BCUT2D eigenvalue weighted by Crippen LogP contribution is -2.47. The van der Waals surface area contributed by atoms with Gasteiger partial charge in [0.2, 0.25) is 5.88 Å². The van der Waals surface area contributed by atoms with E-state index in [1.165, 1.54) is 10.9 Å². The third-order valence-corrected chi connectivity index (χ3v) is 6.02. The molecule has 1 fully saturated rings. The molecule has 1 aliphatic rings. The Morgan fingerprint density at radius 1 is 1.22 bits per heavy atom. The number of rotatable bonds is 4. The molecule has 1 N–H and O–H groups in total. The van der Waals surface area contributed by atoms with Gasteiger partial charge in [-0.25, -0.2) is 4.98 Å². The standard InChI is InChI=1S/C24H26N6O2/c1-16-11-17(12-25)6-8-20(16)21-14-27-30(24(21)32)22-9-7-18(13-26-22)23(31)29-10-4-5-19(15-29)28(2)3/h6-9,11,13-14,19,32H,4-5,10,15H2,1-3H3/t19-/m0/s1. The van der Waals surface area contributed by atoms with E-state index >= 15 is 0 Å². The van der Waals surface area contributed by atoms with Gasteiger partial charge >= 0.3 is 0 Å². The molecular formula is C24H26N6O2. The van der Waals surface area contributed by atoms with E-state index in [4.69, 9.17) is 5.26 Å². The van der Waals surface area contributed by atoms with Crippen molar-refractivity contribution in [2.45, 2.75) is 25.8 Å². The lowest BCUT2D eigenvalue weighted by Gasteiger charge is -2.36. The maximum atomic E-state index is 12.9. The lowest BCUT2D eigenvalue weighted by atomic mass is 10.0. The first-order chi connectivity index (χ1) is 15.4. The Hall–Kier alpha value is -3.70. The predicted molar refractivity (Wildman–Crippen MR) is 121 cm³/mol. The molecule has 0 aliphatic carbocycles. The number of pyridine rings is 1. The monoisotopic (exact) mass is 430 g/mol. The fourth-order valence-electron chi connectivity index (χ4n) is 4.12. The van der Waals surface area contributed by atoms with Gasteiger partial charge in [-0.3, -0.25) is 4.79 Å². The van der Waals surface area contributed by atoms with Gasteiger partial charge in [0.15, 0.2) is 5.82 Å². The van der Waals surface area contributed by atoms with Crippen LogP contribution in [0.3, 0.4) is 0 Å². The van der Waals surface area contributed by atoms with Crippen LogP contribution >= 0.6 is 0 Å². The summed E-state index contributed by atoms with van der Waals surface area (Å²) >= 11 is 0. The molecule has 0 spiro atoms. The Morgan fingerprint density at radius 3 is 2.69 bits per heavy atom. The topological polar surface area (TPSA) is 98.3 Å². The number of aromatic hydroxyl groups is 1. The summed E-state index contributed by atoms with van der Waals surface area (Å²) in [7, 11) is 4.08. The van der Waals surface area contributed by atoms with Gasteiger partial charge in [0.05, 0.1) is 29.0 Å². The van der Waals surface area contributed by atoms with Gasteiger partial charge in [-0.2, -0.15) is 15.0 Å². The third kappa shape index (κ3) is 4.07. The Balaban J connectivity index is 1.55. The molecule has 3 heterocycles. The molecular weight excluding hydrogens is 404 g/mol. The zero-order valence-corrected chi connectivity index (χ0v) is 18.5. The molecule has 0 saturated carbocycles. The van der Waals surface area contributed by atoms with Gasteiger partial charge in [0.1, 0.15) is 0 Å². The average Bonchev–Trinajstić information content (AvgIpc) is 3.19. The summed E-state index contributed by atoms with van der Waals surface area (Å²) in [6.45, 7) is 3.34. The average molecular weight is 431 g/mol. The van der Waals surface area contributed by atoms with E-state index in [0.29, 0.717) is 35.1 Å². The van der Waals surface area contributed by atoms with Gasteiger partial charge in [0, 0.05) is 25.3 Å². The zero-order chi connectivity index (χ0) is 22.8. The number of hydrogen-bond acceptors (Lipinski definition) is 6. The van der Waals surface area contributed by atoms with Crippen LogP contribution in [-0.2, 0) is 0 Å². The number of nitrogens with zero attached hydrogens (tertiary/aromatic N) is 6. The van der Waals surface area contributed by atoms with E-state index in [0.717, 1.165) is 30.5 Å². The van der Waals surface area contributed by atoms with Crippen LogP contribution in [0.4, 0.5) is 0 Å². The number of carbonyl (C=O) groups is 1. The lowest BCUT2D eigenvalue weighted by molar-refractivity contribution is 0.0634. The van der Waals surface area contributed by atoms with E-state index in [1.807, 2.05) is 25.9 Å². The minimum Gasteiger partial charge on any atom is -0.493 e. The molecule has 0 radical (unpaired) electrons. The molecule has 3 aromatic rings. The van der Waals surface area contributed by atoms with Gasteiger partial charge in [-0.1, -0.05) is 6.07 Å². The van der Waals surface area contributed by atoms with Crippen LogP contribution in [0.25, 0.3) is 16.9 Å². The minimum absolute atomic E-state index is 0.0332. The number of hydrogen-bond donors (Lipinski definition) is 1. The first kappa shape index (κ1) is 21.5. The SMILES string of the molecule is Cc1cc(C#N)ccc1-c1cnn(-c2ccc(C(=O)N3CCC[C@H](N(C)C)C3)cn2)c1O. The van der Waals surface area contributed by atoms with Crippen molar-refractivity contribution in [1.82, 2.24) is 24.6 Å². The Labute approximate surface area is 187 Å². The second kappa shape index (κ2) is 8.81. The van der Waals surface area contributed by atoms with Crippen LogP contribution in [-0.4, -0.2) is 68.8 Å². The van der Waals surface area contributed by atoms with Crippen molar-refractivity contribution >= 4 is 5.91 Å². The van der Waals surface area contributed by atoms with Crippen molar-refractivity contribution in [3.8, 4) is 28.9 Å². The molecule has 8 heteroatoms. The van der Waals surface area contributed by atoms with E-state index < -0.39 is 0 Å². The largest absolute Gasteiger partial charge is 0.493 e. The summed E-state index contributed by atoms with van der Waals surface area (Å²) in [5.41, 5.74) is 3.29. The second-order valence-corrected chi connectivity index (χ2v) is 8.35. The van der Waals surface area contributed by atoms with Crippen molar-refractivity contribution in [2.75, 3.05) is 27.2 Å². The highest BCUT2D eigenvalue weighted by atomic mass is 16.3. The zero-order valence-electron chi connectivity index (χ0n) is 18.5. The number of aryl methyl sites for hydroxylation is 1. The van der Waals surface area contributed by atoms with E-state index in [-0.39, 0.29) is 11.8 Å². The number of nitriles is 1. The number of amides is 1. The number of likely N-dealkylation sites (N-methyl/N-ethyl adjacent to an activating group) is 1. The van der Waals surface area contributed by atoms with Crippen LogP contribution in [0.2, 0.25) is 0 Å². The molecule has 1 aromatic carbocycles. The van der Waals surface area contributed by atoms with Crippen LogP contribution < -0.4 is 0 Å². The summed E-state index contributed by atoms with van der Waals surface area (Å²) in [5.74, 6) is 0.338. The fraction of sp³-hybridized carbons (Fsp3) is 0.333. The number of likely N-dealkylation sites (tertiary alicyclic amines) is 1. The maximum Gasteiger partial charge on any atom is 0.255 e. The highest BCUT2D eigenvalue weighted by molar-refractivity contribution is 5.94. The van der Waals surface area contributed by atoms with E-state index in [1.54, 1.807) is 36.5 Å². The summed E-state index contributed by atoms with van der Waals surface area (Å²) in [6.07, 6.45) is 5.18. The van der Waals surface area contributed by atoms with E-state index in [2.05, 4.69) is 21.1 Å².